The molecule has 1 N–H and O–H groups in total. The molecule has 0 spiro atoms. The van der Waals surface area contributed by atoms with Gasteiger partial charge in [-0.15, -0.1) is 0 Å². The van der Waals surface area contributed by atoms with E-state index in [9.17, 15) is 0 Å². The van der Waals surface area contributed by atoms with E-state index in [1.807, 2.05) is 0 Å². The van der Waals surface area contributed by atoms with Crippen LogP contribution < -0.4 is 0 Å². The van der Waals surface area contributed by atoms with Crippen molar-refractivity contribution in [2.45, 2.75) is 38.4 Å². The number of amidine groups is 1. The zero-order chi connectivity index (χ0) is 8.97. The first-order valence-electron chi connectivity index (χ1n) is 4.78. The first-order chi connectivity index (χ1) is 5.77. The van der Waals surface area contributed by atoms with E-state index in [0.29, 0.717) is 5.25 Å². The fourth-order valence-corrected chi connectivity index (χ4v) is 2.40. The lowest BCUT2D eigenvalue weighted by Gasteiger charge is -2.15. The third-order valence-electron chi connectivity index (χ3n) is 2.23. The van der Waals surface area contributed by atoms with E-state index in [1.54, 1.807) is 11.8 Å². The summed E-state index contributed by atoms with van der Waals surface area (Å²) in [5, 5.41) is 9.17. The predicted octanol–water partition coefficient (Wildman–Crippen LogP) is 2.55. The zero-order valence-electron chi connectivity index (χ0n) is 7.97. The molecule has 1 unspecified atom stereocenters. The minimum atomic E-state index is 0.675. The molecule has 1 aliphatic rings. The van der Waals surface area contributed by atoms with Crippen LogP contribution in [0.1, 0.15) is 33.1 Å². The van der Waals surface area contributed by atoms with Crippen LogP contribution in [0.5, 0.6) is 0 Å². The highest BCUT2D eigenvalue weighted by atomic mass is 32.2. The number of hydrogen-bond acceptors (Lipinski definition) is 2. The van der Waals surface area contributed by atoms with Gasteiger partial charge < -0.3 is 4.90 Å². The third kappa shape index (κ3) is 2.41. The van der Waals surface area contributed by atoms with Crippen molar-refractivity contribution in [3.8, 4) is 0 Å². The summed E-state index contributed by atoms with van der Waals surface area (Å²) in [5.41, 5.74) is 0. The molecule has 3 heteroatoms. The van der Waals surface area contributed by atoms with Crippen LogP contribution in [0.2, 0.25) is 0 Å². The molecular weight excluding hydrogens is 168 g/mol. The van der Waals surface area contributed by atoms with Crippen LogP contribution in [0.3, 0.4) is 0 Å². The first-order valence-corrected chi connectivity index (χ1v) is 5.66. The molecule has 0 aromatic heterocycles. The largest absolute Gasteiger partial charge is 0.351 e. The Labute approximate surface area is 79.2 Å². The monoisotopic (exact) mass is 186 g/mol. The summed E-state index contributed by atoms with van der Waals surface area (Å²) >= 11 is 1.73. The minimum Gasteiger partial charge on any atom is -0.351 e. The highest BCUT2D eigenvalue weighted by molar-refractivity contribution is 8.14. The van der Waals surface area contributed by atoms with Crippen molar-refractivity contribution >= 4 is 16.9 Å². The molecule has 0 aromatic rings. The molecule has 0 amide bonds. The van der Waals surface area contributed by atoms with Crippen molar-refractivity contribution in [2.75, 3.05) is 13.1 Å². The van der Waals surface area contributed by atoms with Gasteiger partial charge in [-0.3, -0.25) is 5.41 Å². The number of thioether (sulfide) groups is 1. The maximum absolute atomic E-state index is 7.71. The second-order valence-corrected chi connectivity index (χ2v) is 4.54. The smallest absolute Gasteiger partial charge is 0.156 e. The van der Waals surface area contributed by atoms with Crippen LogP contribution in [0.25, 0.3) is 0 Å². The van der Waals surface area contributed by atoms with Gasteiger partial charge in [-0.05, 0) is 12.8 Å². The molecule has 0 saturated carbocycles. The Kier molecular flexibility index (Phi) is 3.92. The Morgan fingerprint density at radius 3 is 2.83 bits per heavy atom. The molecule has 12 heavy (non-hydrogen) atoms. The molecule has 0 aromatic carbocycles. The van der Waals surface area contributed by atoms with Crippen molar-refractivity contribution in [3.05, 3.63) is 0 Å². The Bertz CT molecular complexity index is 159. The third-order valence-corrected chi connectivity index (χ3v) is 3.52. The van der Waals surface area contributed by atoms with Crippen LogP contribution in [0.4, 0.5) is 0 Å². The van der Waals surface area contributed by atoms with Gasteiger partial charge >= 0.3 is 0 Å². The number of rotatable bonds is 4. The maximum atomic E-state index is 7.71. The van der Waals surface area contributed by atoms with Crippen molar-refractivity contribution in [1.82, 2.24) is 4.90 Å². The maximum Gasteiger partial charge on any atom is 0.156 e. The minimum absolute atomic E-state index is 0.675. The molecule has 0 radical (unpaired) electrons. The molecule has 1 rings (SSSR count). The molecule has 0 aliphatic carbocycles. The van der Waals surface area contributed by atoms with E-state index in [0.717, 1.165) is 18.3 Å². The lowest BCUT2D eigenvalue weighted by atomic mass is 10.3. The fourth-order valence-electron chi connectivity index (χ4n) is 1.35. The summed E-state index contributed by atoms with van der Waals surface area (Å²) in [6.07, 6.45) is 3.64. The van der Waals surface area contributed by atoms with Crippen molar-refractivity contribution in [2.24, 2.45) is 0 Å². The Morgan fingerprint density at radius 1 is 1.58 bits per heavy atom. The van der Waals surface area contributed by atoms with E-state index in [1.165, 1.54) is 19.3 Å². The summed E-state index contributed by atoms with van der Waals surface area (Å²) in [5.74, 6) is 0. The molecule has 1 atom stereocenters. The van der Waals surface area contributed by atoms with Gasteiger partial charge in [-0.1, -0.05) is 32.0 Å². The van der Waals surface area contributed by atoms with Crippen LogP contribution in [-0.2, 0) is 0 Å². The summed E-state index contributed by atoms with van der Waals surface area (Å²) in [6, 6.07) is 0. The van der Waals surface area contributed by atoms with Crippen LogP contribution in [-0.4, -0.2) is 28.4 Å². The second kappa shape index (κ2) is 4.75. The van der Waals surface area contributed by atoms with Crippen LogP contribution in [0.15, 0.2) is 0 Å². The van der Waals surface area contributed by atoms with Gasteiger partial charge in [0.1, 0.15) is 0 Å². The van der Waals surface area contributed by atoms with Gasteiger partial charge in [0.15, 0.2) is 5.17 Å². The lowest BCUT2D eigenvalue weighted by Crippen LogP contribution is -2.26. The van der Waals surface area contributed by atoms with Crippen molar-refractivity contribution in [1.29, 1.82) is 5.41 Å². The predicted molar refractivity (Wildman–Crippen MR) is 55.9 cm³/mol. The van der Waals surface area contributed by atoms with E-state index >= 15 is 0 Å². The highest BCUT2D eigenvalue weighted by Crippen LogP contribution is 2.26. The standard InChI is InChI=1S/C9H18N2S/c1-3-5-6-11-7-8(4-2)12-9(11)10/h8,10H,3-7H2,1-2H3. The number of hydrogen-bond donors (Lipinski definition) is 1. The van der Waals surface area contributed by atoms with Gasteiger partial charge in [-0.2, -0.15) is 0 Å². The zero-order valence-corrected chi connectivity index (χ0v) is 8.78. The van der Waals surface area contributed by atoms with E-state index in [4.69, 9.17) is 5.41 Å². The summed E-state index contributed by atoms with van der Waals surface area (Å²) < 4.78 is 0. The highest BCUT2D eigenvalue weighted by Gasteiger charge is 2.25. The molecule has 0 bridgehead atoms. The molecule has 1 saturated heterocycles. The fraction of sp³-hybridized carbons (Fsp3) is 0.889. The Balaban J connectivity index is 2.31. The Morgan fingerprint density at radius 2 is 2.33 bits per heavy atom. The van der Waals surface area contributed by atoms with Crippen molar-refractivity contribution < 1.29 is 0 Å². The number of nitrogens with one attached hydrogen (secondary N) is 1. The summed E-state index contributed by atoms with van der Waals surface area (Å²) in [6.45, 7) is 6.58. The number of unbranched alkanes of at least 4 members (excludes halogenated alkanes) is 1. The van der Waals surface area contributed by atoms with Crippen molar-refractivity contribution in [3.63, 3.8) is 0 Å². The SMILES string of the molecule is CCCCN1CC(CC)SC1=N. The van der Waals surface area contributed by atoms with Gasteiger partial charge in [0.05, 0.1) is 0 Å². The van der Waals surface area contributed by atoms with Crippen LogP contribution >= 0.6 is 11.8 Å². The molecular formula is C9H18N2S. The topological polar surface area (TPSA) is 27.1 Å². The van der Waals surface area contributed by atoms with Gasteiger partial charge in [-0.25, -0.2) is 0 Å². The van der Waals surface area contributed by atoms with E-state index < -0.39 is 0 Å². The average Bonchev–Trinajstić information content (AvgIpc) is 2.43. The molecule has 1 fully saturated rings. The second-order valence-electron chi connectivity index (χ2n) is 3.25. The number of nitrogens with zero attached hydrogens (tertiary/aromatic N) is 1. The molecule has 2 nitrogen and oxygen atoms in total. The van der Waals surface area contributed by atoms with E-state index in [2.05, 4.69) is 18.7 Å². The lowest BCUT2D eigenvalue weighted by molar-refractivity contribution is 0.420. The normalized spacial score (nSPS) is 23.7. The summed E-state index contributed by atoms with van der Waals surface area (Å²) in [4.78, 5) is 2.21. The van der Waals surface area contributed by atoms with Gasteiger partial charge in [0.2, 0.25) is 0 Å². The molecule has 1 aliphatic heterocycles. The van der Waals surface area contributed by atoms with Crippen LogP contribution in [0, 0.1) is 5.41 Å². The average molecular weight is 186 g/mol. The molecule has 70 valence electrons. The van der Waals surface area contributed by atoms with Gasteiger partial charge in [0, 0.05) is 18.3 Å². The first kappa shape index (κ1) is 9.90. The van der Waals surface area contributed by atoms with E-state index in [-0.39, 0.29) is 0 Å². The Hall–Kier alpha value is -0.180. The summed E-state index contributed by atoms with van der Waals surface area (Å²) in [7, 11) is 0. The quantitative estimate of drug-likeness (QED) is 0.730. The van der Waals surface area contributed by atoms with Gasteiger partial charge in [0.25, 0.3) is 0 Å². The molecule has 1 heterocycles.